The summed E-state index contributed by atoms with van der Waals surface area (Å²) in [6.07, 6.45) is 1.22. The van der Waals surface area contributed by atoms with Crippen molar-refractivity contribution in [2.75, 3.05) is 6.54 Å². The van der Waals surface area contributed by atoms with E-state index in [1.54, 1.807) is 0 Å². The Morgan fingerprint density at radius 3 is 2.64 bits per heavy atom. The molecule has 0 bridgehead atoms. The maximum atomic E-state index is 5.09. The first-order valence-corrected chi connectivity index (χ1v) is 5.27. The summed E-state index contributed by atoms with van der Waals surface area (Å²) in [7, 11) is 0. The molecule has 0 aliphatic rings. The Morgan fingerprint density at radius 2 is 2.14 bits per heavy atom. The predicted molar refractivity (Wildman–Crippen MR) is 57.1 cm³/mol. The van der Waals surface area contributed by atoms with Gasteiger partial charge in [0.05, 0.1) is 5.69 Å². The zero-order valence-corrected chi connectivity index (χ0v) is 9.55. The molecule has 0 radical (unpaired) electrons. The van der Waals surface area contributed by atoms with E-state index in [1.807, 2.05) is 13.8 Å². The second-order valence-corrected chi connectivity index (χ2v) is 3.95. The lowest BCUT2D eigenvalue weighted by Crippen LogP contribution is -2.20. The van der Waals surface area contributed by atoms with Gasteiger partial charge >= 0.3 is 0 Å². The van der Waals surface area contributed by atoms with E-state index in [9.17, 15) is 0 Å². The fourth-order valence-electron chi connectivity index (χ4n) is 1.34. The molecule has 0 saturated carbocycles. The van der Waals surface area contributed by atoms with Gasteiger partial charge in [0.1, 0.15) is 5.76 Å². The van der Waals surface area contributed by atoms with Gasteiger partial charge in [-0.25, -0.2) is 0 Å². The van der Waals surface area contributed by atoms with Crippen molar-refractivity contribution in [3.8, 4) is 0 Å². The van der Waals surface area contributed by atoms with Gasteiger partial charge in [0.15, 0.2) is 0 Å². The van der Waals surface area contributed by atoms with Crippen molar-refractivity contribution in [3.05, 3.63) is 17.0 Å². The first kappa shape index (κ1) is 11.2. The summed E-state index contributed by atoms with van der Waals surface area (Å²) in [6, 6.07) is 0. The molecule has 1 aromatic rings. The van der Waals surface area contributed by atoms with Crippen LogP contribution in [0.15, 0.2) is 4.52 Å². The zero-order valence-electron chi connectivity index (χ0n) is 9.55. The van der Waals surface area contributed by atoms with Crippen molar-refractivity contribution in [2.24, 2.45) is 5.92 Å². The average Bonchev–Trinajstić information content (AvgIpc) is 2.48. The van der Waals surface area contributed by atoms with Crippen LogP contribution >= 0.6 is 0 Å². The van der Waals surface area contributed by atoms with E-state index in [2.05, 4.69) is 24.3 Å². The Balaban J connectivity index is 2.38. The van der Waals surface area contributed by atoms with Gasteiger partial charge in [-0.05, 0) is 26.3 Å². The molecule has 0 aromatic carbocycles. The fraction of sp³-hybridized carbons (Fsp3) is 0.727. The number of rotatable bonds is 5. The molecule has 0 saturated heterocycles. The Hall–Kier alpha value is -0.830. The standard InChI is InChI=1S/C11H20N2O/c1-5-8(2)6-12-7-11-9(3)13-14-10(11)4/h8,12H,5-7H2,1-4H3. The lowest BCUT2D eigenvalue weighted by Gasteiger charge is -2.09. The maximum Gasteiger partial charge on any atom is 0.138 e. The second-order valence-electron chi connectivity index (χ2n) is 3.95. The molecule has 0 aliphatic carbocycles. The minimum absolute atomic E-state index is 0.732. The largest absolute Gasteiger partial charge is 0.361 e. The van der Waals surface area contributed by atoms with Crippen molar-refractivity contribution >= 4 is 0 Å². The monoisotopic (exact) mass is 196 g/mol. The van der Waals surface area contributed by atoms with Crippen molar-refractivity contribution in [1.29, 1.82) is 0 Å². The molecule has 80 valence electrons. The molecular weight excluding hydrogens is 176 g/mol. The summed E-state index contributed by atoms with van der Waals surface area (Å²) < 4.78 is 5.09. The first-order chi connectivity index (χ1) is 6.65. The van der Waals surface area contributed by atoms with Crippen molar-refractivity contribution in [3.63, 3.8) is 0 Å². The molecule has 1 heterocycles. The van der Waals surface area contributed by atoms with Crippen molar-refractivity contribution in [2.45, 2.75) is 40.7 Å². The highest BCUT2D eigenvalue weighted by atomic mass is 16.5. The topological polar surface area (TPSA) is 38.1 Å². The van der Waals surface area contributed by atoms with Crippen LogP contribution in [0.3, 0.4) is 0 Å². The second kappa shape index (κ2) is 5.15. The van der Waals surface area contributed by atoms with Crippen molar-refractivity contribution < 1.29 is 4.52 Å². The Bertz CT molecular complexity index is 261. The lowest BCUT2D eigenvalue weighted by molar-refractivity contribution is 0.391. The van der Waals surface area contributed by atoms with E-state index in [-0.39, 0.29) is 0 Å². The number of aromatic nitrogens is 1. The number of aryl methyl sites for hydroxylation is 2. The molecule has 3 heteroatoms. The lowest BCUT2D eigenvalue weighted by atomic mass is 10.1. The van der Waals surface area contributed by atoms with Crippen LogP contribution in [0.25, 0.3) is 0 Å². The van der Waals surface area contributed by atoms with Crippen LogP contribution in [0, 0.1) is 19.8 Å². The van der Waals surface area contributed by atoms with Gasteiger partial charge in [0.2, 0.25) is 0 Å². The summed E-state index contributed by atoms with van der Waals surface area (Å²) >= 11 is 0. The number of nitrogens with one attached hydrogen (secondary N) is 1. The van der Waals surface area contributed by atoms with Gasteiger partial charge in [-0.1, -0.05) is 25.4 Å². The Morgan fingerprint density at radius 1 is 1.43 bits per heavy atom. The number of hydrogen-bond donors (Lipinski definition) is 1. The average molecular weight is 196 g/mol. The summed E-state index contributed by atoms with van der Waals surface area (Å²) in [5.41, 5.74) is 2.20. The smallest absolute Gasteiger partial charge is 0.138 e. The van der Waals surface area contributed by atoms with Gasteiger partial charge < -0.3 is 9.84 Å². The van der Waals surface area contributed by atoms with Gasteiger partial charge in [0.25, 0.3) is 0 Å². The first-order valence-electron chi connectivity index (χ1n) is 5.27. The van der Waals surface area contributed by atoms with Crippen LogP contribution < -0.4 is 5.32 Å². The van der Waals surface area contributed by atoms with Crippen LogP contribution in [0.2, 0.25) is 0 Å². The molecular formula is C11H20N2O. The van der Waals surface area contributed by atoms with E-state index < -0.39 is 0 Å². The Kier molecular flexibility index (Phi) is 4.14. The molecule has 0 spiro atoms. The third kappa shape index (κ3) is 2.84. The molecule has 0 fully saturated rings. The van der Waals surface area contributed by atoms with Crippen LogP contribution in [-0.4, -0.2) is 11.7 Å². The predicted octanol–water partition coefficient (Wildman–Crippen LogP) is 2.43. The quantitative estimate of drug-likeness (QED) is 0.786. The van der Waals surface area contributed by atoms with Crippen LogP contribution in [-0.2, 0) is 6.54 Å². The van der Waals surface area contributed by atoms with Gasteiger partial charge in [-0.15, -0.1) is 0 Å². The maximum absolute atomic E-state index is 5.09. The molecule has 1 atom stereocenters. The Labute approximate surface area is 85.9 Å². The molecule has 0 amide bonds. The van der Waals surface area contributed by atoms with E-state index in [1.165, 1.54) is 12.0 Å². The summed E-state index contributed by atoms with van der Waals surface area (Å²) in [4.78, 5) is 0. The minimum Gasteiger partial charge on any atom is -0.361 e. The molecule has 1 rings (SSSR count). The molecule has 0 aliphatic heterocycles. The molecule has 3 nitrogen and oxygen atoms in total. The SMILES string of the molecule is CCC(C)CNCc1c(C)noc1C. The third-order valence-corrected chi connectivity index (χ3v) is 2.67. The van der Waals surface area contributed by atoms with E-state index in [0.29, 0.717) is 0 Å². The van der Waals surface area contributed by atoms with Crippen molar-refractivity contribution in [1.82, 2.24) is 10.5 Å². The molecule has 1 N–H and O–H groups in total. The normalized spacial score (nSPS) is 13.1. The minimum atomic E-state index is 0.732. The zero-order chi connectivity index (χ0) is 10.6. The third-order valence-electron chi connectivity index (χ3n) is 2.67. The van der Waals surface area contributed by atoms with E-state index in [4.69, 9.17) is 4.52 Å². The highest BCUT2D eigenvalue weighted by Gasteiger charge is 2.08. The number of nitrogens with zero attached hydrogens (tertiary/aromatic N) is 1. The van der Waals surface area contributed by atoms with Gasteiger partial charge in [-0.3, -0.25) is 0 Å². The van der Waals surface area contributed by atoms with E-state index >= 15 is 0 Å². The van der Waals surface area contributed by atoms with E-state index in [0.717, 1.165) is 30.5 Å². The highest BCUT2D eigenvalue weighted by molar-refractivity contribution is 5.20. The highest BCUT2D eigenvalue weighted by Crippen LogP contribution is 2.11. The van der Waals surface area contributed by atoms with Crippen LogP contribution in [0.4, 0.5) is 0 Å². The van der Waals surface area contributed by atoms with Gasteiger partial charge in [0, 0.05) is 12.1 Å². The summed E-state index contributed by atoms with van der Waals surface area (Å²) in [5, 5.41) is 7.34. The van der Waals surface area contributed by atoms with Crippen LogP contribution in [0.1, 0.15) is 37.3 Å². The molecule has 1 aromatic heterocycles. The van der Waals surface area contributed by atoms with Gasteiger partial charge in [-0.2, -0.15) is 0 Å². The fourth-order valence-corrected chi connectivity index (χ4v) is 1.34. The summed E-state index contributed by atoms with van der Waals surface area (Å²) in [6.45, 7) is 10.3. The van der Waals surface area contributed by atoms with Crippen LogP contribution in [0.5, 0.6) is 0 Å². The summed E-state index contributed by atoms with van der Waals surface area (Å²) in [5.74, 6) is 1.66. The molecule has 14 heavy (non-hydrogen) atoms. The number of hydrogen-bond acceptors (Lipinski definition) is 3. The molecule has 1 unspecified atom stereocenters.